The first kappa shape index (κ1) is 17.5. The predicted molar refractivity (Wildman–Crippen MR) is 96.3 cm³/mol. The van der Waals surface area contributed by atoms with E-state index in [4.69, 9.17) is 16.2 Å². The van der Waals surface area contributed by atoms with E-state index in [2.05, 4.69) is 17.1 Å². The molecule has 0 spiro atoms. The van der Waals surface area contributed by atoms with Crippen molar-refractivity contribution in [3.05, 3.63) is 71.3 Å². The second kappa shape index (κ2) is 9.36. The molecule has 4 N–H and O–H groups in total. The zero-order valence-electron chi connectivity index (χ0n) is 11.7. The molecule has 0 heterocycles. The van der Waals surface area contributed by atoms with Crippen LogP contribution in [-0.2, 0) is 24.5 Å². The Morgan fingerprint density at radius 1 is 0.810 bits per heavy atom. The number of benzene rings is 2. The molecule has 0 aromatic heterocycles. The number of nitrogens with zero attached hydrogens (tertiary/aromatic N) is 1. The standard InChI is InChI=1S/C16H19N3O.HI/c17-16(18)19-10-13-6-8-15(9-7-13)12-20-11-14-4-2-1-3-5-14;/h1-9H,10-12H2,(H4,17,18,19);1H. The van der Waals surface area contributed by atoms with Crippen LogP contribution in [0.5, 0.6) is 0 Å². The molecule has 21 heavy (non-hydrogen) atoms. The molecule has 5 heteroatoms. The van der Waals surface area contributed by atoms with E-state index in [1.165, 1.54) is 5.56 Å². The second-order valence-corrected chi connectivity index (χ2v) is 4.54. The Bertz CT molecular complexity index is 551. The van der Waals surface area contributed by atoms with E-state index in [1.54, 1.807) is 0 Å². The largest absolute Gasteiger partial charge is 0.372 e. The maximum Gasteiger partial charge on any atom is 0.186 e. The number of rotatable bonds is 6. The first-order chi connectivity index (χ1) is 9.74. The molecule has 0 aliphatic rings. The van der Waals surface area contributed by atoms with E-state index >= 15 is 0 Å². The molecule has 112 valence electrons. The van der Waals surface area contributed by atoms with Crippen molar-refractivity contribution in [2.45, 2.75) is 19.8 Å². The Labute approximate surface area is 142 Å². The molecular formula is C16H20IN3O. The molecule has 0 saturated carbocycles. The van der Waals surface area contributed by atoms with Crippen LogP contribution in [0.2, 0.25) is 0 Å². The van der Waals surface area contributed by atoms with E-state index in [1.807, 2.05) is 42.5 Å². The average Bonchev–Trinajstić information content (AvgIpc) is 2.47. The van der Waals surface area contributed by atoms with Crippen LogP contribution in [0.1, 0.15) is 16.7 Å². The number of nitrogens with two attached hydrogens (primary N) is 2. The van der Waals surface area contributed by atoms with Gasteiger partial charge in [-0.15, -0.1) is 24.0 Å². The van der Waals surface area contributed by atoms with Crippen LogP contribution in [-0.4, -0.2) is 5.96 Å². The molecule has 2 rings (SSSR count). The smallest absolute Gasteiger partial charge is 0.186 e. The maximum absolute atomic E-state index is 5.68. The minimum Gasteiger partial charge on any atom is -0.372 e. The Kier molecular flexibility index (Phi) is 7.78. The monoisotopic (exact) mass is 397 g/mol. The zero-order chi connectivity index (χ0) is 14.2. The fourth-order valence-corrected chi connectivity index (χ4v) is 1.78. The van der Waals surface area contributed by atoms with Gasteiger partial charge in [0.15, 0.2) is 5.96 Å². The summed E-state index contributed by atoms with van der Waals surface area (Å²) in [4.78, 5) is 3.97. The van der Waals surface area contributed by atoms with Gasteiger partial charge in [0.2, 0.25) is 0 Å². The molecule has 2 aromatic carbocycles. The predicted octanol–water partition coefficient (Wildman–Crippen LogP) is 2.79. The molecule has 0 radical (unpaired) electrons. The molecule has 0 bridgehead atoms. The van der Waals surface area contributed by atoms with Gasteiger partial charge in [-0.3, -0.25) is 0 Å². The van der Waals surface area contributed by atoms with Crippen molar-refractivity contribution < 1.29 is 4.74 Å². The van der Waals surface area contributed by atoms with Gasteiger partial charge in [-0.25, -0.2) is 4.99 Å². The van der Waals surface area contributed by atoms with Gasteiger partial charge in [-0.2, -0.15) is 0 Å². The number of hydrogen-bond donors (Lipinski definition) is 2. The molecule has 0 fully saturated rings. The third-order valence-electron chi connectivity index (χ3n) is 2.85. The van der Waals surface area contributed by atoms with Gasteiger partial charge in [0.25, 0.3) is 0 Å². The SMILES string of the molecule is I.NC(N)=NCc1ccc(COCc2ccccc2)cc1. The molecule has 0 amide bonds. The number of guanidine groups is 1. The number of aliphatic imine (C=N–C) groups is 1. The van der Waals surface area contributed by atoms with Gasteiger partial charge in [-0.1, -0.05) is 54.6 Å². The highest BCUT2D eigenvalue weighted by molar-refractivity contribution is 14.0. The minimum absolute atomic E-state index is 0. The lowest BCUT2D eigenvalue weighted by molar-refractivity contribution is 0.107. The third-order valence-corrected chi connectivity index (χ3v) is 2.85. The van der Waals surface area contributed by atoms with Crippen molar-refractivity contribution in [3.8, 4) is 0 Å². The fourth-order valence-electron chi connectivity index (χ4n) is 1.78. The summed E-state index contributed by atoms with van der Waals surface area (Å²) in [5, 5.41) is 0. The van der Waals surface area contributed by atoms with Crippen LogP contribution in [0.4, 0.5) is 0 Å². The van der Waals surface area contributed by atoms with Gasteiger partial charge in [0.1, 0.15) is 0 Å². The average molecular weight is 397 g/mol. The molecule has 2 aromatic rings. The number of hydrogen-bond acceptors (Lipinski definition) is 2. The number of halogens is 1. The first-order valence-electron chi connectivity index (χ1n) is 6.49. The van der Waals surface area contributed by atoms with Gasteiger partial charge in [0, 0.05) is 0 Å². The van der Waals surface area contributed by atoms with Crippen LogP contribution in [0, 0.1) is 0 Å². The molecular weight excluding hydrogens is 377 g/mol. The minimum atomic E-state index is 0. The van der Waals surface area contributed by atoms with Crippen LogP contribution in [0.25, 0.3) is 0 Å². The Morgan fingerprint density at radius 2 is 1.33 bits per heavy atom. The van der Waals surface area contributed by atoms with Crippen molar-refractivity contribution in [1.29, 1.82) is 0 Å². The summed E-state index contributed by atoms with van der Waals surface area (Å²) >= 11 is 0. The quantitative estimate of drug-likeness (QED) is 0.447. The van der Waals surface area contributed by atoms with E-state index < -0.39 is 0 Å². The molecule has 0 aliphatic carbocycles. The maximum atomic E-state index is 5.68. The van der Waals surface area contributed by atoms with Gasteiger partial charge in [-0.05, 0) is 16.7 Å². The van der Waals surface area contributed by atoms with Crippen LogP contribution in [0.15, 0.2) is 59.6 Å². The Hall–Kier alpha value is -1.60. The van der Waals surface area contributed by atoms with E-state index in [9.17, 15) is 0 Å². The van der Waals surface area contributed by atoms with Crippen molar-refractivity contribution >= 4 is 29.9 Å². The van der Waals surface area contributed by atoms with Gasteiger partial charge in [0.05, 0.1) is 19.8 Å². The highest BCUT2D eigenvalue weighted by Crippen LogP contribution is 2.08. The van der Waals surface area contributed by atoms with Crippen LogP contribution >= 0.6 is 24.0 Å². The topological polar surface area (TPSA) is 73.6 Å². The van der Waals surface area contributed by atoms with Crippen molar-refractivity contribution in [1.82, 2.24) is 0 Å². The summed E-state index contributed by atoms with van der Waals surface area (Å²) in [6.07, 6.45) is 0. The fraction of sp³-hybridized carbons (Fsp3) is 0.188. The summed E-state index contributed by atoms with van der Waals surface area (Å²) in [6, 6.07) is 18.2. The zero-order valence-corrected chi connectivity index (χ0v) is 14.1. The van der Waals surface area contributed by atoms with Crippen molar-refractivity contribution in [2.75, 3.05) is 0 Å². The second-order valence-electron chi connectivity index (χ2n) is 4.54. The van der Waals surface area contributed by atoms with E-state index in [0.29, 0.717) is 19.8 Å². The summed E-state index contributed by atoms with van der Waals surface area (Å²) in [5.74, 6) is 0.111. The number of ether oxygens (including phenoxy) is 1. The Morgan fingerprint density at radius 3 is 1.90 bits per heavy atom. The third kappa shape index (κ3) is 6.59. The Balaban J connectivity index is 0.00000220. The summed E-state index contributed by atoms with van der Waals surface area (Å²) in [7, 11) is 0. The molecule has 0 atom stereocenters. The van der Waals surface area contributed by atoms with Gasteiger partial charge < -0.3 is 16.2 Å². The normalized spacial score (nSPS) is 9.71. The van der Waals surface area contributed by atoms with E-state index in [0.717, 1.165) is 11.1 Å². The molecule has 0 aliphatic heterocycles. The summed E-state index contributed by atoms with van der Waals surface area (Å²) in [6.45, 7) is 1.72. The molecule has 0 saturated heterocycles. The van der Waals surface area contributed by atoms with Crippen molar-refractivity contribution in [3.63, 3.8) is 0 Å². The molecule has 0 unspecified atom stereocenters. The highest BCUT2D eigenvalue weighted by Gasteiger charge is 1.96. The van der Waals surface area contributed by atoms with Crippen LogP contribution in [0.3, 0.4) is 0 Å². The lowest BCUT2D eigenvalue weighted by Gasteiger charge is -2.05. The van der Waals surface area contributed by atoms with Crippen molar-refractivity contribution in [2.24, 2.45) is 16.5 Å². The van der Waals surface area contributed by atoms with E-state index in [-0.39, 0.29) is 29.9 Å². The highest BCUT2D eigenvalue weighted by atomic mass is 127. The summed E-state index contributed by atoms with van der Waals surface area (Å²) in [5.41, 5.74) is 14.0. The van der Waals surface area contributed by atoms with Crippen LogP contribution < -0.4 is 11.5 Å². The lowest BCUT2D eigenvalue weighted by atomic mass is 10.1. The molecule has 4 nitrogen and oxygen atoms in total. The summed E-state index contributed by atoms with van der Waals surface area (Å²) < 4.78 is 5.68. The lowest BCUT2D eigenvalue weighted by Crippen LogP contribution is -2.22. The van der Waals surface area contributed by atoms with Gasteiger partial charge >= 0.3 is 0 Å². The first-order valence-corrected chi connectivity index (χ1v) is 6.49.